The molecule has 5 heteroatoms. The summed E-state index contributed by atoms with van der Waals surface area (Å²) in [6, 6.07) is 3.31. The minimum Gasteiger partial charge on any atom is -0.396 e. The van der Waals surface area contributed by atoms with Crippen LogP contribution in [0, 0.1) is 5.41 Å². The Morgan fingerprint density at radius 3 is 2.40 bits per heavy atom. The van der Waals surface area contributed by atoms with Gasteiger partial charge in [-0.2, -0.15) is 0 Å². The second-order valence-corrected chi connectivity index (χ2v) is 7.21. The predicted octanol–water partition coefficient (Wildman–Crippen LogP) is 2.78. The van der Waals surface area contributed by atoms with E-state index in [0.29, 0.717) is 17.3 Å². The number of pyridine rings is 1. The highest BCUT2D eigenvalue weighted by Crippen LogP contribution is 2.23. The van der Waals surface area contributed by atoms with Gasteiger partial charge in [0.25, 0.3) is 5.91 Å². The summed E-state index contributed by atoms with van der Waals surface area (Å²) in [7, 11) is 0. The number of aliphatic hydroxyl groups is 1. The summed E-state index contributed by atoms with van der Waals surface area (Å²) < 4.78 is 0. The van der Waals surface area contributed by atoms with E-state index < -0.39 is 0 Å². The van der Waals surface area contributed by atoms with Crippen molar-refractivity contribution in [3.05, 3.63) is 28.5 Å². The minimum absolute atomic E-state index is 0.0115. The molecular weight excluding hydrogens is 276 g/mol. The number of aliphatic hydroxyl groups excluding tert-OH is 1. The van der Waals surface area contributed by atoms with Gasteiger partial charge in [-0.25, -0.2) is 4.98 Å². The van der Waals surface area contributed by atoms with Gasteiger partial charge in [-0.05, 0) is 12.1 Å². The van der Waals surface area contributed by atoms with Crippen molar-refractivity contribution in [1.82, 2.24) is 10.3 Å². The van der Waals surface area contributed by atoms with Gasteiger partial charge in [0.15, 0.2) is 0 Å². The number of hydrogen-bond acceptors (Lipinski definition) is 3. The van der Waals surface area contributed by atoms with Gasteiger partial charge in [0.05, 0.1) is 0 Å². The largest absolute Gasteiger partial charge is 0.396 e. The molecule has 0 aromatic carbocycles. The van der Waals surface area contributed by atoms with Crippen LogP contribution in [0.15, 0.2) is 12.1 Å². The van der Waals surface area contributed by atoms with Crippen molar-refractivity contribution in [1.29, 1.82) is 0 Å². The SMILES string of the molecule is CC(C)(CO)CNC(=O)c1cc(Cl)nc(C(C)(C)C)c1. The normalized spacial score (nSPS) is 12.3. The second kappa shape index (κ2) is 6.10. The van der Waals surface area contributed by atoms with E-state index in [1.807, 2.05) is 34.6 Å². The van der Waals surface area contributed by atoms with Gasteiger partial charge in [0, 0.05) is 35.2 Å². The molecule has 0 atom stereocenters. The Hall–Kier alpha value is -1.13. The summed E-state index contributed by atoms with van der Waals surface area (Å²) >= 11 is 5.99. The Kier molecular flexibility index (Phi) is 5.16. The van der Waals surface area contributed by atoms with E-state index in [0.717, 1.165) is 5.69 Å². The number of rotatable bonds is 4. The lowest BCUT2D eigenvalue weighted by atomic mass is 9.90. The van der Waals surface area contributed by atoms with Gasteiger partial charge in [-0.15, -0.1) is 0 Å². The molecule has 4 nitrogen and oxygen atoms in total. The molecule has 0 saturated heterocycles. The van der Waals surface area contributed by atoms with E-state index >= 15 is 0 Å². The lowest BCUT2D eigenvalue weighted by molar-refractivity contribution is 0.0911. The number of hydrogen-bond donors (Lipinski definition) is 2. The molecule has 0 aliphatic heterocycles. The number of aromatic nitrogens is 1. The number of halogens is 1. The standard InChI is InChI=1S/C15H23ClN2O2/c1-14(2,3)11-6-10(7-12(16)18-11)13(20)17-8-15(4,5)9-19/h6-7,19H,8-9H2,1-5H3,(H,17,20). The first-order chi connectivity index (χ1) is 9.05. The maximum atomic E-state index is 12.2. The zero-order valence-electron chi connectivity index (χ0n) is 12.7. The Morgan fingerprint density at radius 2 is 1.90 bits per heavy atom. The van der Waals surface area contributed by atoms with E-state index in [9.17, 15) is 9.90 Å². The van der Waals surface area contributed by atoms with Crippen LogP contribution in [0.4, 0.5) is 0 Å². The van der Waals surface area contributed by atoms with Crippen molar-refractivity contribution in [2.75, 3.05) is 13.2 Å². The van der Waals surface area contributed by atoms with Crippen molar-refractivity contribution in [2.45, 2.75) is 40.0 Å². The van der Waals surface area contributed by atoms with Crippen LogP contribution in [0.2, 0.25) is 5.15 Å². The lowest BCUT2D eigenvalue weighted by Gasteiger charge is -2.22. The van der Waals surface area contributed by atoms with Crippen molar-refractivity contribution in [3.63, 3.8) is 0 Å². The van der Waals surface area contributed by atoms with Crippen LogP contribution in [0.25, 0.3) is 0 Å². The first-order valence-electron chi connectivity index (χ1n) is 6.62. The summed E-state index contributed by atoms with van der Waals surface area (Å²) in [5, 5.41) is 12.3. The highest BCUT2D eigenvalue weighted by molar-refractivity contribution is 6.29. The quantitative estimate of drug-likeness (QED) is 0.840. The first kappa shape index (κ1) is 16.9. The number of carbonyl (C=O) groups is 1. The fourth-order valence-electron chi connectivity index (χ4n) is 1.49. The number of amides is 1. The first-order valence-corrected chi connectivity index (χ1v) is 7.00. The molecule has 0 saturated carbocycles. The predicted molar refractivity (Wildman–Crippen MR) is 81.1 cm³/mol. The Bertz CT molecular complexity index is 493. The monoisotopic (exact) mass is 298 g/mol. The van der Waals surface area contributed by atoms with Gasteiger partial charge >= 0.3 is 0 Å². The van der Waals surface area contributed by atoms with E-state index in [2.05, 4.69) is 10.3 Å². The minimum atomic E-state index is -0.348. The molecule has 1 amide bonds. The molecule has 0 aliphatic carbocycles. The fraction of sp³-hybridized carbons (Fsp3) is 0.600. The Labute approximate surface area is 125 Å². The summed E-state index contributed by atoms with van der Waals surface area (Å²) in [6.45, 7) is 10.2. The van der Waals surface area contributed by atoms with Gasteiger partial charge in [-0.1, -0.05) is 46.2 Å². The third-order valence-electron chi connectivity index (χ3n) is 2.98. The molecular formula is C15H23ClN2O2. The van der Waals surface area contributed by atoms with Crippen molar-refractivity contribution in [3.8, 4) is 0 Å². The molecule has 112 valence electrons. The molecule has 1 aromatic rings. The van der Waals surface area contributed by atoms with Crippen LogP contribution in [-0.4, -0.2) is 29.1 Å². The maximum Gasteiger partial charge on any atom is 0.251 e. The summed E-state index contributed by atoms with van der Waals surface area (Å²) in [6.07, 6.45) is 0. The summed E-state index contributed by atoms with van der Waals surface area (Å²) in [5.74, 6) is -0.207. The van der Waals surface area contributed by atoms with Crippen molar-refractivity contribution >= 4 is 17.5 Å². The molecule has 0 bridgehead atoms. The van der Waals surface area contributed by atoms with E-state index in [1.54, 1.807) is 12.1 Å². The second-order valence-electron chi connectivity index (χ2n) is 6.82. The van der Waals surface area contributed by atoms with E-state index in [4.69, 9.17) is 11.6 Å². The van der Waals surface area contributed by atoms with E-state index in [-0.39, 0.29) is 23.3 Å². The van der Waals surface area contributed by atoms with Gasteiger partial charge in [0.2, 0.25) is 0 Å². The summed E-state index contributed by atoms with van der Waals surface area (Å²) in [4.78, 5) is 16.4. The molecule has 2 N–H and O–H groups in total. The molecule has 0 unspecified atom stereocenters. The van der Waals surface area contributed by atoms with Crippen LogP contribution in [0.5, 0.6) is 0 Å². The van der Waals surface area contributed by atoms with Crippen LogP contribution in [0.1, 0.15) is 50.7 Å². The van der Waals surface area contributed by atoms with Gasteiger partial charge in [-0.3, -0.25) is 4.79 Å². The summed E-state index contributed by atoms with van der Waals surface area (Å²) in [5.41, 5.74) is 0.740. The van der Waals surface area contributed by atoms with Crippen LogP contribution in [-0.2, 0) is 5.41 Å². The molecule has 0 spiro atoms. The maximum absolute atomic E-state index is 12.2. The number of nitrogens with one attached hydrogen (secondary N) is 1. The average Bonchev–Trinajstić information content (AvgIpc) is 2.34. The zero-order chi connectivity index (χ0) is 15.6. The molecule has 1 aromatic heterocycles. The third kappa shape index (κ3) is 4.76. The molecule has 1 heterocycles. The fourth-order valence-corrected chi connectivity index (χ4v) is 1.70. The Balaban J connectivity index is 2.91. The van der Waals surface area contributed by atoms with Crippen LogP contribution in [0.3, 0.4) is 0 Å². The molecule has 0 aliphatic rings. The number of nitrogens with zero attached hydrogens (tertiary/aromatic N) is 1. The molecule has 0 fully saturated rings. The molecule has 1 rings (SSSR count). The smallest absolute Gasteiger partial charge is 0.251 e. The van der Waals surface area contributed by atoms with Crippen LogP contribution >= 0.6 is 11.6 Å². The van der Waals surface area contributed by atoms with Gasteiger partial charge in [0.1, 0.15) is 5.15 Å². The topological polar surface area (TPSA) is 62.2 Å². The lowest BCUT2D eigenvalue weighted by Crippen LogP contribution is -2.36. The van der Waals surface area contributed by atoms with E-state index in [1.165, 1.54) is 0 Å². The zero-order valence-corrected chi connectivity index (χ0v) is 13.5. The molecule has 0 radical (unpaired) electrons. The third-order valence-corrected chi connectivity index (χ3v) is 3.17. The van der Waals surface area contributed by atoms with Crippen molar-refractivity contribution in [2.24, 2.45) is 5.41 Å². The average molecular weight is 299 g/mol. The van der Waals surface area contributed by atoms with Crippen LogP contribution < -0.4 is 5.32 Å². The number of carbonyl (C=O) groups excluding carboxylic acids is 1. The Morgan fingerprint density at radius 1 is 1.30 bits per heavy atom. The molecule has 20 heavy (non-hydrogen) atoms. The van der Waals surface area contributed by atoms with Crippen molar-refractivity contribution < 1.29 is 9.90 Å². The highest BCUT2D eigenvalue weighted by Gasteiger charge is 2.21. The van der Waals surface area contributed by atoms with Gasteiger partial charge < -0.3 is 10.4 Å². The highest BCUT2D eigenvalue weighted by atomic mass is 35.5.